The fourth-order valence-corrected chi connectivity index (χ4v) is 5.60. The molecule has 6 heteroatoms. The lowest BCUT2D eigenvalue weighted by atomic mass is 9.72. The molecule has 0 bridgehead atoms. The Morgan fingerprint density at radius 1 is 0.750 bits per heavy atom. The minimum absolute atomic E-state index is 0.0220. The van der Waals surface area contributed by atoms with E-state index in [-0.39, 0.29) is 12.5 Å². The van der Waals surface area contributed by atoms with Crippen molar-refractivity contribution in [3.63, 3.8) is 0 Å². The summed E-state index contributed by atoms with van der Waals surface area (Å²) < 4.78 is 15.0. The van der Waals surface area contributed by atoms with Gasteiger partial charge in [-0.3, -0.25) is 4.57 Å². The van der Waals surface area contributed by atoms with Gasteiger partial charge in [0, 0.05) is 23.0 Å². The summed E-state index contributed by atoms with van der Waals surface area (Å²) in [5.41, 5.74) is 5.57. The molecule has 0 atom stereocenters. The van der Waals surface area contributed by atoms with Crippen molar-refractivity contribution in [3.05, 3.63) is 115 Å². The number of nitrogens with zero attached hydrogens (tertiary/aromatic N) is 3. The maximum Gasteiger partial charge on any atom is 0.519 e. The summed E-state index contributed by atoms with van der Waals surface area (Å²) in [6.45, 7) is 6.68. The normalized spacial score (nSPS) is 13.1. The van der Waals surface area contributed by atoms with Gasteiger partial charge in [-0.15, -0.1) is 0 Å². The van der Waals surface area contributed by atoms with Crippen LogP contribution in [0.3, 0.4) is 0 Å². The van der Waals surface area contributed by atoms with Crippen LogP contribution in [0.1, 0.15) is 26.3 Å². The van der Waals surface area contributed by atoms with E-state index in [2.05, 4.69) is 104 Å². The van der Waals surface area contributed by atoms with E-state index in [1.165, 1.54) is 16.3 Å². The molecule has 7 rings (SSSR count). The molecule has 0 amide bonds. The topological polar surface area (TPSA) is 39.5 Å². The van der Waals surface area contributed by atoms with Gasteiger partial charge in [-0.25, -0.2) is 4.98 Å². The highest BCUT2D eigenvalue weighted by Gasteiger charge is 2.35. The molecule has 6 aromatic rings. The van der Waals surface area contributed by atoms with Crippen molar-refractivity contribution in [1.82, 2.24) is 9.55 Å². The molecule has 196 valence electrons. The lowest BCUT2D eigenvalue weighted by molar-refractivity contribution is 0.483. The Hall–Kier alpha value is -4.71. The first-order valence-electron chi connectivity index (χ1n) is 13.6. The molecule has 0 N–H and O–H groups in total. The molecule has 1 aliphatic heterocycles. The number of pyridine rings is 1. The molecule has 0 spiro atoms. The number of hydrogen-bond acceptors (Lipinski definition) is 4. The second-order valence-electron chi connectivity index (χ2n) is 11.4. The van der Waals surface area contributed by atoms with Crippen molar-refractivity contribution in [2.24, 2.45) is 0 Å². The Morgan fingerprint density at radius 2 is 1.52 bits per heavy atom. The lowest BCUT2D eigenvalue weighted by Crippen LogP contribution is -2.47. The van der Waals surface area contributed by atoms with E-state index in [9.17, 15) is 0 Å². The zero-order valence-electron chi connectivity index (χ0n) is 23.1. The minimum Gasteiger partial charge on any atom is -0.536 e. The second-order valence-corrected chi connectivity index (χ2v) is 11.4. The van der Waals surface area contributed by atoms with Crippen LogP contribution in [0.15, 0.2) is 109 Å². The minimum atomic E-state index is -0.202. The van der Waals surface area contributed by atoms with E-state index < -0.39 is 0 Å². The Bertz CT molecular complexity index is 1890. The highest BCUT2D eigenvalue weighted by Crippen LogP contribution is 2.36. The molecule has 5 nitrogen and oxygen atoms in total. The van der Waals surface area contributed by atoms with Gasteiger partial charge >= 0.3 is 7.05 Å². The first kappa shape index (κ1) is 24.3. The molecular formula is C34H30BN3O2. The number of ether oxygens (including phenoxy) is 1. The third kappa shape index (κ3) is 4.08. The molecule has 0 radical (unpaired) electrons. The largest absolute Gasteiger partial charge is 0.536 e. The number of aromatic nitrogens is 2. The van der Waals surface area contributed by atoms with Gasteiger partial charge in [-0.2, -0.15) is 0 Å². The molecule has 40 heavy (non-hydrogen) atoms. The third-order valence-electron chi connectivity index (χ3n) is 7.70. The number of rotatable bonds is 4. The summed E-state index contributed by atoms with van der Waals surface area (Å²) in [7, 11) is 1.85. The maximum absolute atomic E-state index is 6.46. The Kier molecular flexibility index (Phi) is 5.60. The first-order valence-corrected chi connectivity index (χ1v) is 13.6. The van der Waals surface area contributed by atoms with Crippen LogP contribution in [-0.2, 0) is 5.41 Å². The average Bonchev–Trinajstić information content (AvgIpc) is 3.47. The van der Waals surface area contributed by atoms with E-state index in [1.807, 2.05) is 42.6 Å². The molecule has 0 unspecified atom stereocenters. The van der Waals surface area contributed by atoms with E-state index in [0.29, 0.717) is 0 Å². The summed E-state index contributed by atoms with van der Waals surface area (Å²) in [5.74, 6) is 3.33. The number of benzene rings is 4. The van der Waals surface area contributed by atoms with Crippen LogP contribution in [0.2, 0.25) is 0 Å². The van der Waals surface area contributed by atoms with Gasteiger partial charge in [0.05, 0.1) is 16.7 Å². The number of fused-ring (bicyclic) bond motifs is 4. The van der Waals surface area contributed by atoms with Crippen LogP contribution < -0.4 is 19.7 Å². The van der Waals surface area contributed by atoms with Gasteiger partial charge in [0.2, 0.25) is 0 Å². The van der Waals surface area contributed by atoms with Gasteiger partial charge < -0.3 is 14.2 Å². The van der Waals surface area contributed by atoms with Gasteiger partial charge in [0.15, 0.2) is 0 Å². The van der Waals surface area contributed by atoms with E-state index in [0.717, 1.165) is 45.2 Å². The second kappa shape index (κ2) is 9.20. The Balaban J connectivity index is 1.28. The van der Waals surface area contributed by atoms with Crippen LogP contribution in [-0.4, -0.2) is 23.6 Å². The Morgan fingerprint density at radius 3 is 2.38 bits per heavy atom. The average molecular weight is 523 g/mol. The quantitative estimate of drug-likeness (QED) is 0.225. The Labute approximate surface area is 234 Å². The number of para-hydroxylation sites is 3. The highest BCUT2D eigenvalue weighted by atomic mass is 16.5. The third-order valence-corrected chi connectivity index (χ3v) is 7.70. The molecule has 3 heterocycles. The zero-order valence-corrected chi connectivity index (χ0v) is 23.1. The van der Waals surface area contributed by atoms with Crippen molar-refractivity contribution in [1.29, 1.82) is 0 Å². The fraction of sp³-hybridized carbons (Fsp3) is 0.147. The van der Waals surface area contributed by atoms with Crippen molar-refractivity contribution in [3.8, 4) is 23.1 Å². The van der Waals surface area contributed by atoms with Crippen LogP contribution in [0.5, 0.6) is 17.2 Å². The number of anilines is 1. The van der Waals surface area contributed by atoms with Crippen LogP contribution in [0.4, 0.5) is 5.69 Å². The molecule has 0 saturated carbocycles. The lowest BCUT2D eigenvalue weighted by Gasteiger charge is -2.20. The summed E-state index contributed by atoms with van der Waals surface area (Å²) in [4.78, 5) is 6.94. The highest BCUT2D eigenvalue weighted by molar-refractivity contribution is 6.73. The van der Waals surface area contributed by atoms with E-state index in [4.69, 9.17) is 14.4 Å². The van der Waals surface area contributed by atoms with Gasteiger partial charge in [0.1, 0.15) is 23.1 Å². The SMILES string of the molecule is CN1B(c2cccc(Oc3ccc4c5ccccc5n(-c5cc(C(C)(C)C)ccn5)c4c3)c2)Oc2ccccc21. The van der Waals surface area contributed by atoms with E-state index >= 15 is 0 Å². The van der Waals surface area contributed by atoms with Crippen LogP contribution in [0, 0.1) is 0 Å². The molecular weight excluding hydrogens is 493 g/mol. The smallest absolute Gasteiger partial charge is 0.519 e. The zero-order chi connectivity index (χ0) is 27.4. The fourth-order valence-electron chi connectivity index (χ4n) is 5.60. The van der Waals surface area contributed by atoms with Crippen molar-refractivity contribution < 1.29 is 9.39 Å². The number of hydrogen-bond donors (Lipinski definition) is 0. The van der Waals surface area contributed by atoms with E-state index in [1.54, 1.807) is 0 Å². The van der Waals surface area contributed by atoms with Crippen molar-refractivity contribution >= 4 is 40.0 Å². The maximum atomic E-state index is 6.46. The van der Waals surface area contributed by atoms with Gasteiger partial charge in [-0.1, -0.05) is 63.2 Å². The molecule has 1 aliphatic rings. The first-order chi connectivity index (χ1) is 19.4. The summed E-state index contributed by atoms with van der Waals surface area (Å²) in [5, 5.41) is 2.36. The van der Waals surface area contributed by atoms with Crippen molar-refractivity contribution in [2.75, 3.05) is 11.9 Å². The molecule has 2 aromatic heterocycles. The molecule has 0 fully saturated rings. The van der Waals surface area contributed by atoms with Gasteiger partial charge in [0.25, 0.3) is 0 Å². The summed E-state index contributed by atoms with van der Waals surface area (Å²) in [6, 6.07) is 35.3. The predicted molar refractivity (Wildman–Crippen MR) is 165 cm³/mol. The van der Waals surface area contributed by atoms with Crippen molar-refractivity contribution in [2.45, 2.75) is 26.2 Å². The summed E-state index contributed by atoms with van der Waals surface area (Å²) >= 11 is 0. The predicted octanol–water partition coefficient (Wildman–Crippen LogP) is 7.49. The molecule has 4 aromatic carbocycles. The monoisotopic (exact) mass is 523 g/mol. The standard InChI is InChI=1S/C34H30BN3O2/c1-34(2,3)23-18-19-36-33(20-23)38-29-13-6-5-12-27(29)28-17-16-26(22-31(28)38)39-25-11-9-10-24(21-25)35-37(4)30-14-7-8-15-32(30)40-35/h5-22H,1-4H3. The molecule has 0 aliphatic carbocycles. The van der Waals surface area contributed by atoms with Gasteiger partial charge in [-0.05, 0) is 78.1 Å². The van der Waals surface area contributed by atoms with Crippen LogP contribution in [0.25, 0.3) is 27.6 Å². The van der Waals surface area contributed by atoms with Crippen LogP contribution >= 0.6 is 0 Å². The summed E-state index contributed by atoms with van der Waals surface area (Å²) in [6.07, 6.45) is 1.91. The molecule has 0 saturated heterocycles.